The van der Waals surface area contributed by atoms with Gasteiger partial charge in [0, 0.05) is 37.2 Å². The Kier molecular flexibility index (Phi) is 9.75. The lowest BCUT2D eigenvalue weighted by Gasteiger charge is -2.29. The van der Waals surface area contributed by atoms with E-state index in [4.69, 9.17) is 11.0 Å². The smallest absolute Gasteiger partial charge is 0.259 e. The third-order valence-electron chi connectivity index (χ3n) is 5.68. The molecule has 0 aliphatic carbocycles. The lowest BCUT2D eigenvalue weighted by molar-refractivity contribution is -0.114. The van der Waals surface area contributed by atoms with E-state index in [-0.39, 0.29) is 5.57 Å². The number of hydrogen-bond acceptors (Lipinski definition) is 3. The first-order valence-corrected chi connectivity index (χ1v) is 11.9. The quantitative estimate of drug-likeness (QED) is 0.380. The van der Waals surface area contributed by atoms with Crippen LogP contribution in [0.15, 0.2) is 54.1 Å². The van der Waals surface area contributed by atoms with Crippen molar-refractivity contribution in [2.45, 2.75) is 47.0 Å². The lowest BCUT2D eigenvalue weighted by atomic mass is 10.0. The summed E-state index contributed by atoms with van der Waals surface area (Å²) in [5, 5.41) is 11.5. The third-order valence-corrected chi connectivity index (χ3v) is 5.68. The van der Waals surface area contributed by atoms with Crippen LogP contribution >= 0.6 is 0 Å². The highest BCUT2D eigenvalue weighted by Crippen LogP contribution is 2.29. The molecule has 33 heavy (non-hydrogen) atoms. The predicted octanol–water partition coefficient (Wildman–Crippen LogP) is 6.28. The van der Waals surface area contributed by atoms with Gasteiger partial charge in [-0.2, -0.15) is 5.26 Å². The number of hydrogen-bond donors (Lipinski definition) is 1. The Labute approximate surface area is 198 Å². The highest BCUT2D eigenvalue weighted by Gasteiger charge is 2.12. The highest BCUT2D eigenvalue weighted by molar-refractivity contribution is 6.00. The molecule has 3 aromatic rings. The lowest BCUT2D eigenvalue weighted by Crippen LogP contribution is -2.29. The molecule has 1 amide bonds. The molecule has 0 bridgehead atoms. The van der Waals surface area contributed by atoms with Crippen molar-refractivity contribution in [3.8, 4) is 17.3 Å². The largest absolute Gasteiger partial charge is 0.372 e. The second kappa shape index (κ2) is 12.5. The van der Waals surface area contributed by atoms with Gasteiger partial charge in [-0.15, -0.1) is 0 Å². The minimum absolute atomic E-state index is 0.0542. The van der Waals surface area contributed by atoms with Gasteiger partial charge in [-0.05, 0) is 72.0 Å². The van der Waals surface area contributed by atoms with E-state index < -0.39 is 5.91 Å². The van der Waals surface area contributed by atoms with Gasteiger partial charge < -0.3 is 15.2 Å². The van der Waals surface area contributed by atoms with Crippen LogP contribution in [0.2, 0.25) is 0 Å². The van der Waals surface area contributed by atoms with E-state index >= 15 is 0 Å². The molecule has 1 aromatic heterocycles. The molecule has 0 spiro atoms. The number of aromatic nitrogens is 1. The zero-order chi connectivity index (χ0) is 24.4. The maximum atomic E-state index is 11.3. The molecule has 5 nitrogen and oxygen atoms in total. The average Bonchev–Trinajstić information content (AvgIpc) is 3.24. The van der Waals surface area contributed by atoms with Crippen LogP contribution in [0, 0.1) is 11.3 Å². The summed E-state index contributed by atoms with van der Waals surface area (Å²) in [6.45, 7) is 10.3. The fourth-order valence-electron chi connectivity index (χ4n) is 4.01. The van der Waals surface area contributed by atoms with Crippen LogP contribution in [-0.4, -0.2) is 23.6 Å². The number of primary amides is 1. The molecule has 1 aliphatic heterocycles. The average molecular weight is 445 g/mol. The Hall–Kier alpha value is -3.52. The predicted molar refractivity (Wildman–Crippen MR) is 140 cm³/mol. The number of rotatable bonds is 4. The minimum atomic E-state index is -0.717. The number of nitriles is 1. The summed E-state index contributed by atoms with van der Waals surface area (Å²) in [6.07, 6.45) is 5.39. The van der Waals surface area contributed by atoms with Gasteiger partial charge in [0.15, 0.2) is 0 Å². The number of amides is 1. The number of piperidine rings is 1. The van der Waals surface area contributed by atoms with Gasteiger partial charge in [0.05, 0.1) is 0 Å². The molecule has 0 saturated carbocycles. The molecule has 1 saturated heterocycles. The highest BCUT2D eigenvalue weighted by atomic mass is 16.1. The first kappa shape index (κ1) is 25.7. The van der Waals surface area contributed by atoms with Crippen molar-refractivity contribution in [3.63, 3.8) is 0 Å². The van der Waals surface area contributed by atoms with Crippen molar-refractivity contribution in [2.75, 3.05) is 18.0 Å². The van der Waals surface area contributed by atoms with E-state index in [2.05, 4.69) is 41.3 Å². The van der Waals surface area contributed by atoms with Gasteiger partial charge in [0.1, 0.15) is 11.6 Å². The topological polar surface area (TPSA) is 75.0 Å². The van der Waals surface area contributed by atoms with Gasteiger partial charge in [-0.3, -0.25) is 4.79 Å². The second-order valence-corrected chi connectivity index (χ2v) is 7.53. The molecule has 0 unspecified atom stereocenters. The summed E-state index contributed by atoms with van der Waals surface area (Å²) < 4.78 is 1.96. The summed E-state index contributed by atoms with van der Waals surface area (Å²) in [7, 11) is 1.92. The number of nitrogens with zero attached hydrogens (tertiary/aromatic N) is 3. The van der Waals surface area contributed by atoms with Crippen molar-refractivity contribution in [3.05, 3.63) is 59.8 Å². The van der Waals surface area contributed by atoms with E-state index in [1.807, 2.05) is 57.5 Å². The van der Waals surface area contributed by atoms with E-state index in [0.29, 0.717) is 0 Å². The van der Waals surface area contributed by atoms with E-state index in [1.54, 1.807) is 0 Å². The SMILES string of the molecule is CC.CC.Cn1c(/C=C(\C#N)C(N)=O)ccc1-c1ccc2cc(N3CCCCC3)ccc2c1. The molecule has 0 radical (unpaired) electrons. The molecule has 1 fully saturated rings. The molecular formula is C28H36N4O. The molecule has 1 aliphatic rings. The maximum Gasteiger partial charge on any atom is 0.259 e. The molecular weight excluding hydrogens is 408 g/mol. The maximum absolute atomic E-state index is 11.3. The van der Waals surface area contributed by atoms with Gasteiger partial charge in [0.25, 0.3) is 5.91 Å². The number of carbonyl (C=O) groups is 1. The van der Waals surface area contributed by atoms with Crippen LogP contribution in [0.4, 0.5) is 5.69 Å². The van der Waals surface area contributed by atoms with Crippen molar-refractivity contribution in [1.82, 2.24) is 4.57 Å². The Morgan fingerprint density at radius 1 is 0.939 bits per heavy atom. The zero-order valence-corrected chi connectivity index (χ0v) is 20.6. The summed E-state index contributed by atoms with van der Waals surface area (Å²) in [4.78, 5) is 13.8. The van der Waals surface area contributed by atoms with Crippen LogP contribution in [0.1, 0.15) is 52.7 Å². The number of fused-ring (bicyclic) bond motifs is 1. The van der Waals surface area contributed by atoms with Crippen LogP contribution < -0.4 is 10.6 Å². The Bertz CT molecular complexity index is 1140. The second-order valence-electron chi connectivity index (χ2n) is 7.53. The third kappa shape index (κ3) is 6.04. The van der Waals surface area contributed by atoms with Gasteiger partial charge >= 0.3 is 0 Å². The zero-order valence-electron chi connectivity index (χ0n) is 20.6. The van der Waals surface area contributed by atoms with E-state index in [9.17, 15) is 4.79 Å². The van der Waals surface area contributed by atoms with E-state index in [1.165, 1.54) is 41.8 Å². The number of benzene rings is 2. The fraction of sp³-hybridized carbons (Fsp3) is 0.357. The number of anilines is 1. The first-order chi connectivity index (χ1) is 16.1. The van der Waals surface area contributed by atoms with Crippen LogP contribution in [0.5, 0.6) is 0 Å². The molecule has 2 aromatic carbocycles. The van der Waals surface area contributed by atoms with E-state index in [0.717, 1.165) is 30.0 Å². The van der Waals surface area contributed by atoms with Gasteiger partial charge in [0.2, 0.25) is 0 Å². The summed E-state index contributed by atoms with van der Waals surface area (Å²) >= 11 is 0. The van der Waals surface area contributed by atoms with Crippen LogP contribution in [-0.2, 0) is 11.8 Å². The number of nitrogens with two attached hydrogens (primary N) is 1. The van der Waals surface area contributed by atoms with Crippen molar-refractivity contribution in [1.29, 1.82) is 5.26 Å². The Morgan fingerprint density at radius 3 is 2.21 bits per heavy atom. The van der Waals surface area contributed by atoms with Gasteiger partial charge in [-0.1, -0.05) is 45.9 Å². The Morgan fingerprint density at radius 2 is 1.58 bits per heavy atom. The standard InChI is InChI=1S/C24H24N4O.2C2H6/c1-27-21(15-20(16-25)24(26)29)9-10-23(27)19-6-5-18-14-22(8-7-17(18)13-19)28-11-3-2-4-12-28;2*1-2/h5-10,13-15H,2-4,11-12H2,1H3,(H2,26,29);2*1-2H3/b20-15+;;. The van der Waals surface area contributed by atoms with Crippen LogP contribution in [0.25, 0.3) is 28.1 Å². The molecule has 0 atom stereocenters. The molecule has 174 valence electrons. The summed E-state index contributed by atoms with van der Waals surface area (Å²) in [5.41, 5.74) is 9.35. The normalized spacial score (nSPS) is 13.3. The monoisotopic (exact) mass is 444 g/mol. The Balaban J connectivity index is 0.000000914. The molecule has 4 rings (SSSR count). The number of carbonyl (C=O) groups excluding carboxylic acids is 1. The van der Waals surface area contributed by atoms with Gasteiger partial charge in [-0.25, -0.2) is 0 Å². The summed E-state index contributed by atoms with van der Waals surface area (Å²) in [6, 6.07) is 18.9. The molecule has 2 N–H and O–H groups in total. The van der Waals surface area contributed by atoms with Crippen molar-refractivity contribution >= 4 is 28.4 Å². The fourth-order valence-corrected chi connectivity index (χ4v) is 4.01. The molecule has 5 heteroatoms. The van der Waals surface area contributed by atoms with Crippen molar-refractivity contribution < 1.29 is 4.79 Å². The minimum Gasteiger partial charge on any atom is -0.372 e. The molecule has 2 heterocycles. The van der Waals surface area contributed by atoms with Crippen molar-refractivity contribution in [2.24, 2.45) is 12.8 Å². The summed E-state index contributed by atoms with van der Waals surface area (Å²) in [5.74, 6) is -0.717. The van der Waals surface area contributed by atoms with Crippen LogP contribution in [0.3, 0.4) is 0 Å². The first-order valence-electron chi connectivity index (χ1n) is 11.9.